The molecular weight excluding hydrogens is 264 g/mol. The molecule has 0 saturated heterocycles. The van der Waals surface area contributed by atoms with E-state index in [2.05, 4.69) is 0 Å². The van der Waals surface area contributed by atoms with Crippen LogP contribution in [0.3, 0.4) is 0 Å². The van der Waals surface area contributed by atoms with Gasteiger partial charge >= 0.3 is 12.2 Å². The number of amides is 3. The summed E-state index contributed by atoms with van der Waals surface area (Å²) < 4.78 is 9.74. The highest BCUT2D eigenvalue weighted by molar-refractivity contribution is 6.00. The second-order valence-electron chi connectivity index (χ2n) is 4.49. The van der Waals surface area contributed by atoms with Crippen molar-refractivity contribution in [1.82, 2.24) is 10.0 Å². The van der Waals surface area contributed by atoms with Crippen molar-refractivity contribution in [3.8, 4) is 0 Å². The van der Waals surface area contributed by atoms with Gasteiger partial charge in [-0.2, -0.15) is 5.01 Å². The number of hydrogen-bond donors (Lipinski definition) is 0. The Morgan fingerprint density at radius 2 is 1.75 bits per heavy atom. The smallest absolute Gasteiger partial charge is 0.436 e. The highest BCUT2D eigenvalue weighted by Gasteiger charge is 2.41. The van der Waals surface area contributed by atoms with Gasteiger partial charge in [-0.25, -0.2) is 9.59 Å². The van der Waals surface area contributed by atoms with Crippen molar-refractivity contribution in [2.75, 3.05) is 13.2 Å². The Kier molecular flexibility index (Phi) is 5.54. The number of hydrazine groups is 1. The van der Waals surface area contributed by atoms with Gasteiger partial charge in [0.2, 0.25) is 0 Å². The first kappa shape index (κ1) is 16.0. The van der Waals surface area contributed by atoms with Crippen molar-refractivity contribution < 1.29 is 23.9 Å². The van der Waals surface area contributed by atoms with E-state index in [0.29, 0.717) is 5.01 Å². The van der Waals surface area contributed by atoms with Crippen LogP contribution in [0.15, 0.2) is 12.2 Å². The van der Waals surface area contributed by atoms with Crippen LogP contribution >= 0.6 is 0 Å². The fraction of sp³-hybridized carbons (Fsp3) is 0.615. The summed E-state index contributed by atoms with van der Waals surface area (Å²) >= 11 is 0. The van der Waals surface area contributed by atoms with E-state index in [4.69, 9.17) is 9.47 Å². The molecule has 0 radical (unpaired) electrons. The van der Waals surface area contributed by atoms with E-state index in [0.717, 1.165) is 5.01 Å². The van der Waals surface area contributed by atoms with Gasteiger partial charge in [-0.15, -0.1) is 5.01 Å². The zero-order valence-electron chi connectivity index (χ0n) is 12.2. The van der Waals surface area contributed by atoms with Gasteiger partial charge in [-0.3, -0.25) is 4.79 Å². The minimum atomic E-state index is -0.888. The summed E-state index contributed by atoms with van der Waals surface area (Å²) in [5.74, 6) is -0.630. The van der Waals surface area contributed by atoms with Gasteiger partial charge < -0.3 is 9.47 Å². The Labute approximate surface area is 118 Å². The minimum Gasteiger partial charge on any atom is -0.448 e. The molecule has 7 heteroatoms. The summed E-state index contributed by atoms with van der Waals surface area (Å²) in [5, 5.41) is 1.70. The van der Waals surface area contributed by atoms with E-state index in [-0.39, 0.29) is 19.1 Å². The van der Waals surface area contributed by atoms with Crippen LogP contribution in [0.2, 0.25) is 0 Å². The summed E-state index contributed by atoms with van der Waals surface area (Å²) in [6.45, 7) is 7.28. The predicted molar refractivity (Wildman–Crippen MR) is 70.5 cm³/mol. The molecule has 0 N–H and O–H groups in total. The zero-order chi connectivity index (χ0) is 15.3. The first-order valence-electron chi connectivity index (χ1n) is 6.58. The van der Waals surface area contributed by atoms with E-state index in [9.17, 15) is 14.4 Å². The lowest BCUT2D eigenvalue weighted by Gasteiger charge is -2.39. The average molecular weight is 284 g/mol. The lowest BCUT2D eigenvalue weighted by molar-refractivity contribution is -0.141. The number of rotatable bonds is 3. The average Bonchev–Trinajstić information content (AvgIpc) is 2.38. The Morgan fingerprint density at radius 3 is 2.25 bits per heavy atom. The van der Waals surface area contributed by atoms with Crippen LogP contribution in [0, 0.1) is 5.92 Å². The van der Waals surface area contributed by atoms with Crippen LogP contribution < -0.4 is 0 Å². The molecule has 112 valence electrons. The largest absolute Gasteiger partial charge is 0.448 e. The van der Waals surface area contributed by atoms with Crippen LogP contribution in [0.5, 0.6) is 0 Å². The summed E-state index contributed by atoms with van der Waals surface area (Å²) in [4.78, 5) is 35.8. The highest BCUT2D eigenvalue weighted by Crippen LogP contribution is 2.22. The third-order valence-electron chi connectivity index (χ3n) is 2.72. The second kappa shape index (κ2) is 6.93. The fourth-order valence-electron chi connectivity index (χ4n) is 1.83. The number of carbonyl (C=O) groups is 3. The first-order chi connectivity index (χ1) is 9.43. The zero-order valence-corrected chi connectivity index (χ0v) is 12.2. The lowest BCUT2D eigenvalue weighted by atomic mass is 10.0. The van der Waals surface area contributed by atoms with Crippen molar-refractivity contribution in [3.63, 3.8) is 0 Å². The van der Waals surface area contributed by atoms with Crippen molar-refractivity contribution in [2.24, 2.45) is 5.92 Å². The van der Waals surface area contributed by atoms with Crippen LogP contribution in [-0.4, -0.2) is 47.4 Å². The van der Waals surface area contributed by atoms with Crippen LogP contribution in [0.4, 0.5) is 9.59 Å². The summed E-state index contributed by atoms with van der Waals surface area (Å²) in [7, 11) is 0. The van der Waals surface area contributed by atoms with Gasteiger partial charge in [-0.05, 0) is 19.8 Å². The van der Waals surface area contributed by atoms with Gasteiger partial charge in [0.15, 0.2) is 0 Å². The Morgan fingerprint density at radius 1 is 1.20 bits per heavy atom. The van der Waals surface area contributed by atoms with Gasteiger partial charge in [0.25, 0.3) is 5.91 Å². The molecule has 0 aromatic rings. The van der Waals surface area contributed by atoms with E-state index >= 15 is 0 Å². The number of ether oxygens (including phenoxy) is 2. The normalized spacial score (nSPS) is 18.4. The highest BCUT2D eigenvalue weighted by atomic mass is 16.6. The van der Waals surface area contributed by atoms with Crippen LogP contribution in [0.1, 0.15) is 27.7 Å². The van der Waals surface area contributed by atoms with Gasteiger partial charge in [-0.1, -0.05) is 19.9 Å². The van der Waals surface area contributed by atoms with Crippen molar-refractivity contribution in [3.05, 3.63) is 12.2 Å². The molecule has 0 aromatic heterocycles. The third-order valence-corrected chi connectivity index (χ3v) is 2.72. The lowest BCUT2D eigenvalue weighted by Crippen LogP contribution is -2.59. The summed E-state index contributed by atoms with van der Waals surface area (Å²) in [6.07, 6.45) is 1.20. The molecule has 1 rings (SSSR count). The first-order valence-corrected chi connectivity index (χ1v) is 6.58. The molecule has 1 atom stereocenters. The van der Waals surface area contributed by atoms with E-state index < -0.39 is 24.1 Å². The number of imide groups is 1. The molecule has 0 bridgehead atoms. The Bertz CT molecular complexity index is 419. The monoisotopic (exact) mass is 284 g/mol. The standard InChI is InChI=1S/C13H20N2O5/c1-5-19-12(17)14-10(9(3)4)7-8-11(16)15(14)13(18)20-6-2/h7-10H,5-6H2,1-4H3/t10-/m1/s1. The number of hydrogen-bond acceptors (Lipinski definition) is 5. The molecule has 20 heavy (non-hydrogen) atoms. The predicted octanol–water partition coefficient (Wildman–Crippen LogP) is 1.94. The maximum absolute atomic E-state index is 12.0. The SMILES string of the molecule is CCOC(=O)N1C(=O)C=C[C@H](C(C)C)N1C(=O)OCC. The third kappa shape index (κ3) is 3.28. The number of nitrogens with zero attached hydrogens (tertiary/aromatic N) is 2. The number of carbonyl (C=O) groups excluding carboxylic acids is 3. The maximum atomic E-state index is 12.0. The quantitative estimate of drug-likeness (QED) is 0.791. The van der Waals surface area contributed by atoms with Crippen LogP contribution in [0.25, 0.3) is 0 Å². The molecule has 0 spiro atoms. The Balaban J connectivity index is 3.14. The molecule has 0 aromatic carbocycles. The minimum absolute atomic E-state index is 0.000632. The molecule has 0 fully saturated rings. The van der Waals surface area contributed by atoms with Gasteiger partial charge in [0.1, 0.15) is 0 Å². The van der Waals surface area contributed by atoms with E-state index in [1.165, 1.54) is 6.08 Å². The van der Waals surface area contributed by atoms with Crippen molar-refractivity contribution in [2.45, 2.75) is 33.7 Å². The molecule has 7 nitrogen and oxygen atoms in total. The molecule has 0 saturated carbocycles. The fourth-order valence-corrected chi connectivity index (χ4v) is 1.83. The van der Waals surface area contributed by atoms with Crippen molar-refractivity contribution in [1.29, 1.82) is 0 Å². The van der Waals surface area contributed by atoms with Crippen molar-refractivity contribution >= 4 is 18.1 Å². The maximum Gasteiger partial charge on any atom is 0.436 e. The topological polar surface area (TPSA) is 76.2 Å². The molecule has 1 heterocycles. The molecular formula is C13H20N2O5. The van der Waals surface area contributed by atoms with Gasteiger partial charge in [0, 0.05) is 6.08 Å². The van der Waals surface area contributed by atoms with Crippen LogP contribution in [-0.2, 0) is 14.3 Å². The van der Waals surface area contributed by atoms with Gasteiger partial charge in [0.05, 0.1) is 19.3 Å². The van der Waals surface area contributed by atoms with E-state index in [1.807, 2.05) is 13.8 Å². The Hall–Kier alpha value is -2.05. The summed E-state index contributed by atoms with van der Waals surface area (Å²) in [5.41, 5.74) is 0. The summed E-state index contributed by atoms with van der Waals surface area (Å²) in [6, 6.07) is -0.448. The molecule has 1 aliphatic heterocycles. The molecule has 3 amide bonds. The molecule has 1 aliphatic rings. The molecule has 0 aliphatic carbocycles. The van der Waals surface area contributed by atoms with E-state index in [1.54, 1.807) is 19.9 Å². The second-order valence-corrected chi connectivity index (χ2v) is 4.49. The molecule has 0 unspecified atom stereocenters.